The monoisotopic (exact) mass is 229 g/mol. The summed E-state index contributed by atoms with van der Waals surface area (Å²) in [6.45, 7) is 2.29. The summed E-state index contributed by atoms with van der Waals surface area (Å²) in [4.78, 5) is 10.2. The van der Waals surface area contributed by atoms with E-state index in [0.717, 1.165) is 30.3 Å². The molecule has 0 bridgehead atoms. The first-order valence-electron chi connectivity index (χ1n) is 6.06. The van der Waals surface area contributed by atoms with Crippen molar-refractivity contribution in [1.29, 1.82) is 0 Å². The Morgan fingerprint density at radius 1 is 1.47 bits per heavy atom. The van der Waals surface area contributed by atoms with E-state index in [9.17, 15) is 4.79 Å². The van der Waals surface area contributed by atoms with Gasteiger partial charge in [-0.1, -0.05) is 19.8 Å². The Kier molecular flexibility index (Phi) is 6.34. The Bertz CT molecular complexity index is 186. The first-order chi connectivity index (χ1) is 7.33. The van der Waals surface area contributed by atoms with Crippen molar-refractivity contribution in [3.05, 3.63) is 0 Å². The molecule has 0 aliphatic carbocycles. The van der Waals surface area contributed by atoms with E-state index in [1.165, 1.54) is 25.0 Å². The molecule has 0 aromatic rings. The number of unbranched alkanes of at least 4 members (excludes halogenated alkanes) is 2. The maximum atomic E-state index is 10.2. The first kappa shape index (κ1) is 13.0. The Hall–Kier alpha value is -0.0200. The Morgan fingerprint density at radius 2 is 2.27 bits per heavy atom. The van der Waals surface area contributed by atoms with Crippen molar-refractivity contribution in [2.45, 2.75) is 50.3 Å². The fraction of sp³-hybridized carbons (Fsp3) is 0.917. The standard InChI is InChI=1S/C12H23NOS/c1-3-10-11(13-2)9-15-12(10)7-5-4-6-8-14/h8,10-13H,3-7,9H2,1-2H3/t10-,11-,12?/m0/s1. The number of hydrogen-bond acceptors (Lipinski definition) is 3. The predicted molar refractivity (Wildman–Crippen MR) is 67.4 cm³/mol. The van der Waals surface area contributed by atoms with Crippen molar-refractivity contribution in [2.75, 3.05) is 12.8 Å². The summed E-state index contributed by atoms with van der Waals surface area (Å²) in [5.74, 6) is 2.09. The topological polar surface area (TPSA) is 29.1 Å². The number of aldehydes is 1. The quantitative estimate of drug-likeness (QED) is 0.537. The summed E-state index contributed by atoms with van der Waals surface area (Å²) in [6, 6.07) is 0.705. The summed E-state index contributed by atoms with van der Waals surface area (Å²) in [5.41, 5.74) is 0. The molecule has 88 valence electrons. The van der Waals surface area contributed by atoms with Gasteiger partial charge in [0.1, 0.15) is 6.29 Å². The average Bonchev–Trinajstić information content (AvgIpc) is 2.66. The van der Waals surface area contributed by atoms with E-state index in [-0.39, 0.29) is 0 Å². The van der Waals surface area contributed by atoms with Crippen molar-refractivity contribution < 1.29 is 4.79 Å². The molecule has 3 atom stereocenters. The molecule has 2 nitrogen and oxygen atoms in total. The molecule has 15 heavy (non-hydrogen) atoms. The third-order valence-electron chi connectivity index (χ3n) is 3.39. The minimum absolute atomic E-state index is 0.705. The lowest BCUT2D eigenvalue weighted by atomic mass is 9.92. The van der Waals surface area contributed by atoms with E-state index in [4.69, 9.17) is 0 Å². The highest BCUT2D eigenvalue weighted by Crippen LogP contribution is 2.37. The molecular formula is C12H23NOS. The van der Waals surface area contributed by atoms with Gasteiger partial charge in [-0.05, 0) is 25.8 Å². The smallest absolute Gasteiger partial charge is 0.119 e. The third-order valence-corrected chi connectivity index (χ3v) is 4.95. The fourth-order valence-electron chi connectivity index (χ4n) is 2.45. The summed E-state index contributed by atoms with van der Waals surface area (Å²) >= 11 is 2.11. The largest absolute Gasteiger partial charge is 0.316 e. The second-order valence-electron chi connectivity index (χ2n) is 4.29. The molecule has 1 aliphatic rings. The van der Waals surface area contributed by atoms with Crippen LogP contribution < -0.4 is 5.32 Å². The highest BCUT2D eigenvalue weighted by atomic mass is 32.2. The van der Waals surface area contributed by atoms with Crippen LogP contribution in [0.25, 0.3) is 0 Å². The molecule has 1 saturated heterocycles. The van der Waals surface area contributed by atoms with Crippen LogP contribution in [0.1, 0.15) is 39.0 Å². The second-order valence-corrected chi connectivity index (χ2v) is 5.56. The van der Waals surface area contributed by atoms with Gasteiger partial charge in [0.25, 0.3) is 0 Å². The summed E-state index contributed by atoms with van der Waals surface area (Å²) in [5, 5.41) is 4.24. The molecule has 3 heteroatoms. The normalized spacial score (nSPS) is 30.7. The number of carbonyl (C=O) groups is 1. The van der Waals surface area contributed by atoms with Gasteiger partial charge in [-0.15, -0.1) is 0 Å². The number of rotatable bonds is 7. The molecule has 0 spiro atoms. The van der Waals surface area contributed by atoms with Crippen LogP contribution in [0, 0.1) is 5.92 Å². The van der Waals surface area contributed by atoms with Crippen molar-refractivity contribution in [1.82, 2.24) is 5.32 Å². The van der Waals surface area contributed by atoms with Crippen LogP contribution in [0.4, 0.5) is 0 Å². The van der Waals surface area contributed by atoms with Crippen molar-refractivity contribution >= 4 is 18.0 Å². The number of nitrogens with one attached hydrogen (secondary N) is 1. The zero-order valence-corrected chi connectivity index (χ0v) is 10.7. The average molecular weight is 229 g/mol. The van der Waals surface area contributed by atoms with Gasteiger partial charge in [-0.25, -0.2) is 0 Å². The van der Waals surface area contributed by atoms with Crippen LogP contribution in [0.15, 0.2) is 0 Å². The van der Waals surface area contributed by atoms with Crippen LogP contribution in [-0.4, -0.2) is 30.4 Å². The van der Waals surface area contributed by atoms with E-state index < -0.39 is 0 Å². The van der Waals surface area contributed by atoms with Gasteiger partial charge in [-0.3, -0.25) is 0 Å². The van der Waals surface area contributed by atoms with Gasteiger partial charge in [0, 0.05) is 23.5 Å². The van der Waals surface area contributed by atoms with Gasteiger partial charge in [0.05, 0.1) is 0 Å². The zero-order chi connectivity index (χ0) is 11.1. The second kappa shape index (κ2) is 7.29. The van der Waals surface area contributed by atoms with Crippen LogP contribution in [-0.2, 0) is 4.79 Å². The molecule has 1 unspecified atom stereocenters. The lowest BCUT2D eigenvalue weighted by molar-refractivity contribution is -0.107. The van der Waals surface area contributed by atoms with Gasteiger partial charge in [-0.2, -0.15) is 11.8 Å². The molecule has 1 rings (SSSR count). The molecule has 1 aliphatic heterocycles. The number of carbonyl (C=O) groups excluding carboxylic acids is 1. The van der Waals surface area contributed by atoms with Crippen molar-refractivity contribution in [2.24, 2.45) is 5.92 Å². The van der Waals surface area contributed by atoms with Crippen LogP contribution in [0.5, 0.6) is 0 Å². The maximum Gasteiger partial charge on any atom is 0.119 e. The lowest BCUT2D eigenvalue weighted by Crippen LogP contribution is -2.34. The van der Waals surface area contributed by atoms with Gasteiger partial charge < -0.3 is 10.1 Å². The third kappa shape index (κ3) is 3.80. The highest BCUT2D eigenvalue weighted by molar-refractivity contribution is 8.00. The predicted octanol–water partition coefficient (Wildman–Crippen LogP) is 2.48. The Labute approximate surface area is 97.6 Å². The minimum atomic E-state index is 0.705. The molecule has 0 aromatic heterocycles. The van der Waals surface area contributed by atoms with Gasteiger partial charge in [0.15, 0.2) is 0 Å². The minimum Gasteiger partial charge on any atom is -0.316 e. The van der Waals surface area contributed by atoms with E-state index in [2.05, 4.69) is 31.1 Å². The molecule has 1 fully saturated rings. The van der Waals surface area contributed by atoms with Gasteiger partial charge >= 0.3 is 0 Å². The summed E-state index contributed by atoms with van der Waals surface area (Å²) < 4.78 is 0. The van der Waals surface area contributed by atoms with Crippen LogP contribution in [0.3, 0.4) is 0 Å². The van der Waals surface area contributed by atoms with E-state index in [0.29, 0.717) is 6.04 Å². The van der Waals surface area contributed by atoms with Gasteiger partial charge in [0.2, 0.25) is 0 Å². The van der Waals surface area contributed by atoms with Crippen LogP contribution in [0.2, 0.25) is 0 Å². The molecule has 1 N–H and O–H groups in total. The maximum absolute atomic E-state index is 10.2. The van der Waals surface area contributed by atoms with Crippen molar-refractivity contribution in [3.63, 3.8) is 0 Å². The highest BCUT2D eigenvalue weighted by Gasteiger charge is 2.33. The Balaban J connectivity index is 2.25. The Morgan fingerprint density at radius 3 is 2.87 bits per heavy atom. The van der Waals surface area contributed by atoms with Crippen LogP contribution >= 0.6 is 11.8 Å². The fourth-order valence-corrected chi connectivity index (χ4v) is 4.28. The lowest BCUT2D eigenvalue weighted by Gasteiger charge is -2.22. The molecule has 0 saturated carbocycles. The van der Waals surface area contributed by atoms with E-state index in [1.54, 1.807) is 0 Å². The molecule has 0 aromatic carbocycles. The first-order valence-corrected chi connectivity index (χ1v) is 7.10. The number of thioether (sulfide) groups is 1. The molecular weight excluding hydrogens is 206 g/mol. The molecule has 0 radical (unpaired) electrons. The summed E-state index contributed by atoms with van der Waals surface area (Å²) in [6.07, 6.45) is 6.62. The summed E-state index contributed by atoms with van der Waals surface area (Å²) in [7, 11) is 2.07. The SMILES string of the molecule is CC[C@@H]1C(CCCCC=O)SC[C@@H]1NC. The van der Waals surface area contributed by atoms with E-state index >= 15 is 0 Å². The number of hydrogen-bond donors (Lipinski definition) is 1. The zero-order valence-electron chi connectivity index (χ0n) is 9.87. The molecule has 1 heterocycles. The van der Waals surface area contributed by atoms with E-state index in [1.807, 2.05) is 0 Å². The van der Waals surface area contributed by atoms with Crippen molar-refractivity contribution in [3.8, 4) is 0 Å². The molecule has 0 amide bonds.